The molecular weight excluding hydrogens is 238 g/mol. The number of fused-ring (bicyclic) bond motifs is 1. The lowest BCUT2D eigenvalue weighted by molar-refractivity contribution is 0.182. The molecule has 3 heterocycles. The molecule has 0 amide bonds. The van der Waals surface area contributed by atoms with Gasteiger partial charge < -0.3 is 9.67 Å². The van der Waals surface area contributed by atoms with E-state index in [0.717, 1.165) is 19.4 Å². The molecule has 1 N–H and O–H groups in total. The first-order chi connectivity index (χ1) is 9.20. The first kappa shape index (κ1) is 13.1. The second-order valence-corrected chi connectivity index (χ2v) is 6.29. The smallest absolute Gasteiger partial charge is 0.126 e. The van der Waals surface area contributed by atoms with Crippen molar-refractivity contribution in [3.05, 3.63) is 17.7 Å². The van der Waals surface area contributed by atoms with Gasteiger partial charge in [-0.1, -0.05) is 0 Å². The van der Waals surface area contributed by atoms with E-state index >= 15 is 0 Å². The minimum absolute atomic E-state index is 0.308. The second-order valence-electron chi connectivity index (χ2n) is 6.29. The van der Waals surface area contributed by atoms with Crippen LogP contribution in [0, 0.1) is 5.92 Å². The van der Waals surface area contributed by atoms with E-state index in [2.05, 4.69) is 23.3 Å². The van der Waals surface area contributed by atoms with Crippen LogP contribution in [0.1, 0.15) is 50.7 Å². The average molecular weight is 263 g/mol. The van der Waals surface area contributed by atoms with E-state index in [-0.39, 0.29) is 0 Å². The minimum atomic E-state index is 0.308. The van der Waals surface area contributed by atoms with Crippen LogP contribution in [0.5, 0.6) is 0 Å². The van der Waals surface area contributed by atoms with Gasteiger partial charge in [0.05, 0.1) is 6.04 Å². The van der Waals surface area contributed by atoms with E-state index in [1.54, 1.807) is 0 Å². The normalized spacial score (nSPS) is 28.0. The van der Waals surface area contributed by atoms with E-state index in [1.165, 1.54) is 30.9 Å². The standard InChI is InChI=1S/C15H25N3O/c1-11(2)17-6-3-4-14(17)15-16-9-13-8-12(10-19)5-7-18(13)15/h9,11-12,14,19H,3-8,10H2,1-2H3. The lowest BCUT2D eigenvalue weighted by Gasteiger charge is -2.30. The molecule has 2 aliphatic heterocycles. The molecular formula is C15H25N3O. The molecule has 0 spiro atoms. The number of nitrogens with zero attached hydrogens (tertiary/aromatic N) is 3. The zero-order valence-electron chi connectivity index (χ0n) is 12.0. The van der Waals surface area contributed by atoms with Crippen LogP contribution < -0.4 is 0 Å². The number of aromatic nitrogens is 2. The van der Waals surface area contributed by atoms with Crippen molar-refractivity contribution >= 4 is 0 Å². The first-order valence-electron chi connectivity index (χ1n) is 7.61. The van der Waals surface area contributed by atoms with Crippen LogP contribution in [0.2, 0.25) is 0 Å². The van der Waals surface area contributed by atoms with Crippen molar-refractivity contribution in [3.63, 3.8) is 0 Å². The van der Waals surface area contributed by atoms with Crippen molar-refractivity contribution < 1.29 is 5.11 Å². The number of aliphatic hydroxyl groups excluding tert-OH is 1. The molecule has 2 unspecified atom stereocenters. The Morgan fingerprint density at radius 2 is 2.21 bits per heavy atom. The van der Waals surface area contributed by atoms with Gasteiger partial charge in [0.25, 0.3) is 0 Å². The van der Waals surface area contributed by atoms with Crippen LogP contribution in [0.3, 0.4) is 0 Å². The highest BCUT2D eigenvalue weighted by Crippen LogP contribution is 2.34. The van der Waals surface area contributed by atoms with Crippen LogP contribution in [-0.2, 0) is 13.0 Å². The predicted octanol–water partition coefficient (Wildman–Crippen LogP) is 1.98. The Kier molecular flexibility index (Phi) is 3.63. The van der Waals surface area contributed by atoms with Gasteiger partial charge in [-0.3, -0.25) is 4.90 Å². The molecule has 1 aromatic rings. The third kappa shape index (κ3) is 2.32. The van der Waals surface area contributed by atoms with Crippen molar-refractivity contribution in [2.24, 2.45) is 5.92 Å². The maximum absolute atomic E-state index is 9.31. The summed E-state index contributed by atoms with van der Waals surface area (Å²) in [5.74, 6) is 1.69. The summed E-state index contributed by atoms with van der Waals surface area (Å²) in [4.78, 5) is 7.30. The van der Waals surface area contributed by atoms with Crippen LogP contribution in [0.15, 0.2) is 6.20 Å². The Morgan fingerprint density at radius 3 is 2.95 bits per heavy atom. The summed E-state index contributed by atoms with van der Waals surface area (Å²) in [6.45, 7) is 7.09. The molecule has 4 heteroatoms. The number of hydrogen-bond acceptors (Lipinski definition) is 3. The molecule has 0 bridgehead atoms. The fourth-order valence-corrected chi connectivity index (χ4v) is 3.66. The molecule has 1 aromatic heterocycles. The third-order valence-electron chi connectivity index (χ3n) is 4.74. The van der Waals surface area contributed by atoms with Gasteiger partial charge in [-0.05, 0) is 52.0 Å². The Morgan fingerprint density at radius 1 is 1.37 bits per heavy atom. The summed E-state index contributed by atoms with van der Waals surface area (Å²) in [6.07, 6.45) is 6.62. The minimum Gasteiger partial charge on any atom is -0.396 e. The van der Waals surface area contributed by atoms with E-state index in [4.69, 9.17) is 4.98 Å². The number of imidazole rings is 1. The summed E-state index contributed by atoms with van der Waals surface area (Å²) in [6, 6.07) is 1.09. The van der Waals surface area contributed by atoms with Gasteiger partial charge >= 0.3 is 0 Å². The highest BCUT2D eigenvalue weighted by atomic mass is 16.3. The molecule has 1 saturated heterocycles. The van der Waals surface area contributed by atoms with Gasteiger partial charge in [-0.15, -0.1) is 0 Å². The molecule has 3 rings (SSSR count). The monoisotopic (exact) mass is 263 g/mol. The Labute approximate surface area is 115 Å². The van der Waals surface area contributed by atoms with Crippen molar-refractivity contribution in [2.75, 3.05) is 13.2 Å². The Balaban J connectivity index is 1.85. The van der Waals surface area contributed by atoms with Crippen LogP contribution in [0.25, 0.3) is 0 Å². The zero-order chi connectivity index (χ0) is 13.4. The molecule has 0 radical (unpaired) electrons. The number of hydrogen-bond donors (Lipinski definition) is 1. The third-order valence-corrected chi connectivity index (χ3v) is 4.74. The molecule has 1 fully saturated rings. The van der Waals surface area contributed by atoms with Gasteiger partial charge in [-0.2, -0.15) is 0 Å². The lowest BCUT2D eigenvalue weighted by Crippen LogP contribution is -2.32. The molecule has 0 aliphatic carbocycles. The van der Waals surface area contributed by atoms with Gasteiger partial charge in [0.1, 0.15) is 5.82 Å². The maximum Gasteiger partial charge on any atom is 0.126 e. The molecule has 2 atom stereocenters. The van der Waals surface area contributed by atoms with Gasteiger partial charge in [0.2, 0.25) is 0 Å². The number of aliphatic hydroxyl groups is 1. The van der Waals surface area contributed by atoms with Crippen LogP contribution in [0.4, 0.5) is 0 Å². The predicted molar refractivity (Wildman–Crippen MR) is 74.9 cm³/mol. The largest absolute Gasteiger partial charge is 0.396 e. The maximum atomic E-state index is 9.31. The highest BCUT2D eigenvalue weighted by Gasteiger charge is 2.32. The van der Waals surface area contributed by atoms with Crippen LogP contribution >= 0.6 is 0 Å². The van der Waals surface area contributed by atoms with E-state index in [0.29, 0.717) is 24.6 Å². The van der Waals surface area contributed by atoms with Gasteiger partial charge in [0.15, 0.2) is 0 Å². The molecule has 0 aromatic carbocycles. The average Bonchev–Trinajstić information content (AvgIpc) is 3.03. The number of rotatable bonds is 3. The molecule has 106 valence electrons. The highest BCUT2D eigenvalue weighted by molar-refractivity contribution is 5.13. The summed E-state index contributed by atoms with van der Waals surface area (Å²) < 4.78 is 2.41. The second kappa shape index (κ2) is 5.25. The molecule has 4 nitrogen and oxygen atoms in total. The molecule has 2 aliphatic rings. The zero-order valence-corrected chi connectivity index (χ0v) is 12.0. The quantitative estimate of drug-likeness (QED) is 0.906. The van der Waals surface area contributed by atoms with Crippen molar-refractivity contribution in [1.82, 2.24) is 14.5 Å². The summed E-state index contributed by atoms with van der Waals surface area (Å²) in [7, 11) is 0. The molecule has 0 saturated carbocycles. The van der Waals surface area contributed by atoms with E-state index < -0.39 is 0 Å². The summed E-state index contributed by atoms with van der Waals surface area (Å²) in [5.41, 5.74) is 1.32. The topological polar surface area (TPSA) is 41.3 Å². The molecule has 19 heavy (non-hydrogen) atoms. The Bertz CT molecular complexity index is 441. The lowest BCUT2D eigenvalue weighted by atomic mass is 9.97. The fraction of sp³-hybridized carbons (Fsp3) is 0.800. The van der Waals surface area contributed by atoms with Crippen LogP contribution in [-0.4, -0.2) is 38.8 Å². The van der Waals surface area contributed by atoms with Crippen molar-refractivity contribution in [3.8, 4) is 0 Å². The summed E-state index contributed by atoms with van der Waals surface area (Å²) in [5, 5.41) is 9.31. The summed E-state index contributed by atoms with van der Waals surface area (Å²) >= 11 is 0. The SMILES string of the molecule is CC(C)N1CCCC1c1ncc2n1CCC(CO)C2. The van der Waals surface area contributed by atoms with E-state index in [1.807, 2.05) is 6.20 Å². The van der Waals surface area contributed by atoms with Crippen molar-refractivity contribution in [2.45, 2.75) is 58.2 Å². The van der Waals surface area contributed by atoms with E-state index in [9.17, 15) is 5.11 Å². The van der Waals surface area contributed by atoms with Gasteiger partial charge in [0, 0.05) is 31.1 Å². The first-order valence-corrected chi connectivity index (χ1v) is 7.61. The van der Waals surface area contributed by atoms with Gasteiger partial charge in [-0.25, -0.2) is 4.98 Å². The van der Waals surface area contributed by atoms with Crippen molar-refractivity contribution in [1.29, 1.82) is 0 Å². The Hall–Kier alpha value is -0.870. The number of likely N-dealkylation sites (tertiary alicyclic amines) is 1. The fourth-order valence-electron chi connectivity index (χ4n) is 3.66.